The Balaban J connectivity index is 1.77. The summed E-state index contributed by atoms with van der Waals surface area (Å²) in [5.41, 5.74) is 2.11. The van der Waals surface area contributed by atoms with Gasteiger partial charge in [0.2, 0.25) is 5.91 Å². The number of benzene rings is 2. The van der Waals surface area contributed by atoms with E-state index in [4.69, 9.17) is 4.74 Å². The van der Waals surface area contributed by atoms with Crippen molar-refractivity contribution < 1.29 is 14.3 Å². The van der Waals surface area contributed by atoms with Gasteiger partial charge in [0.25, 0.3) is 0 Å². The van der Waals surface area contributed by atoms with Gasteiger partial charge in [0.1, 0.15) is 0 Å². The molecule has 0 aliphatic carbocycles. The van der Waals surface area contributed by atoms with E-state index in [1.54, 1.807) is 31.2 Å². The minimum absolute atomic E-state index is 0.0858. The molecule has 5 heteroatoms. The van der Waals surface area contributed by atoms with Crippen molar-refractivity contribution in [3.8, 4) is 0 Å². The zero-order valence-corrected chi connectivity index (χ0v) is 13.0. The molecular formula is C18H20N2O3. The summed E-state index contributed by atoms with van der Waals surface area (Å²) in [5.74, 6) is -0.449. The number of carbonyl (C=O) groups excluding carboxylic acids is 2. The summed E-state index contributed by atoms with van der Waals surface area (Å²) in [7, 11) is 0. The lowest BCUT2D eigenvalue weighted by molar-refractivity contribution is -0.115. The van der Waals surface area contributed by atoms with Gasteiger partial charge < -0.3 is 15.4 Å². The summed E-state index contributed by atoms with van der Waals surface area (Å²) in [5, 5.41) is 5.97. The zero-order valence-electron chi connectivity index (χ0n) is 13.0. The molecule has 120 valence electrons. The second-order valence-electron chi connectivity index (χ2n) is 4.89. The topological polar surface area (TPSA) is 67.4 Å². The molecule has 2 N–H and O–H groups in total. The highest BCUT2D eigenvalue weighted by Crippen LogP contribution is 2.11. The monoisotopic (exact) mass is 312 g/mol. The summed E-state index contributed by atoms with van der Waals surface area (Å²) in [6.45, 7) is 2.65. The van der Waals surface area contributed by atoms with Gasteiger partial charge in [0.05, 0.1) is 12.2 Å². The third-order valence-electron chi connectivity index (χ3n) is 3.13. The van der Waals surface area contributed by atoms with Gasteiger partial charge in [-0.1, -0.05) is 18.2 Å². The molecule has 0 aromatic heterocycles. The number of amides is 1. The molecule has 1 amide bonds. The summed E-state index contributed by atoms with van der Waals surface area (Å²) in [6, 6.07) is 16.4. The first-order chi connectivity index (χ1) is 11.2. The number of hydrogen-bond donors (Lipinski definition) is 2. The summed E-state index contributed by atoms with van der Waals surface area (Å²) >= 11 is 0. The fourth-order valence-electron chi connectivity index (χ4n) is 2.00. The standard InChI is InChI=1S/C18H20N2O3/c1-2-23-18(22)14-8-10-16(11-9-14)20-17(21)12-13-19-15-6-4-3-5-7-15/h3-11,19H,2,12-13H2,1H3,(H,20,21). The Morgan fingerprint density at radius 3 is 2.30 bits per heavy atom. The molecule has 0 aliphatic heterocycles. The lowest BCUT2D eigenvalue weighted by atomic mass is 10.2. The van der Waals surface area contributed by atoms with Crippen LogP contribution in [0.15, 0.2) is 54.6 Å². The molecule has 0 fully saturated rings. The normalized spacial score (nSPS) is 9.96. The molecule has 0 radical (unpaired) electrons. The molecule has 0 atom stereocenters. The second kappa shape index (κ2) is 8.58. The number of anilines is 2. The maximum atomic E-state index is 11.9. The van der Waals surface area contributed by atoms with Crippen molar-refractivity contribution in [3.63, 3.8) is 0 Å². The summed E-state index contributed by atoms with van der Waals surface area (Å²) in [6.07, 6.45) is 0.356. The van der Waals surface area contributed by atoms with Crippen molar-refractivity contribution in [3.05, 3.63) is 60.2 Å². The fraction of sp³-hybridized carbons (Fsp3) is 0.222. The van der Waals surface area contributed by atoms with E-state index in [1.165, 1.54) is 0 Å². The molecule has 0 saturated heterocycles. The number of ether oxygens (including phenoxy) is 1. The van der Waals surface area contributed by atoms with Crippen LogP contribution >= 0.6 is 0 Å². The second-order valence-corrected chi connectivity index (χ2v) is 4.89. The largest absolute Gasteiger partial charge is 0.462 e. The van der Waals surface area contributed by atoms with Crippen molar-refractivity contribution in [2.24, 2.45) is 0 Å². The lowest BCUT2D eigenvalue weighted by Gasteiger charge is -2.08. The van der Waals surface area contributed by atoms with Gasteiger partial charge in [-0.05, 0) is 43.3 Å². The SMILES string of the molecule is CCOC(=O)c1ccc(NC(=O)CCNc2ccccc2)cc1. The van der Waals surface area contributed by atoms with Crippen molar-refractivity contribution in [1.29, 1.82) is 0 Å². The van der Waals surface area contributed by atoms with Crippen molar-refractivity contribution >= 4 is 23.3 Å². The van der Waals surface area contributed by atoms with Gasteiger partial charge in [-0.3, -0.25) is 4.79 Å². The van der Waals surface area contributed by atoms with E-state index in [0.29, 0.717) is 30.8 Å². The molecule has 0 spiro atoms. The number of para-hydroxylation sites is 1. The first-order valence-electron chi connectivity index (χ1n) is 7.55. The average molecular weight is 312 g/mol. The third kappa shape index (κ3) is 5.47. The Morgan fingerprint density at radius 1 is 0.957 bits per heavy atom. The van der Waals surface area contributed by atoms with E-state index in [-0.39, 0.29) is 11.9 Å². The lowest BCUT2D eigenvalue weighted by Crippen LogP contribution is -2.16. The number of rotatable bonds is 7. The van der Waals surface area contributed by atoms with Crippen molar-refractivity contribution in [2.45, 2.75) is 13.3 Å². The van der Waals surface area contributed by atoms with Gasteiger partial charge >= 0.3 is 5.97 Å². The van der Waals surface area contributed by atoms with Gasteiger partial charge in [-0.25, -0.2) is 4.79 Å². The predicted octanol–water partition coefficient (Wildman–Crippen LogP) is 3.30. The minimum Gasteiger partial charge on any atom is -0.462 e. The van der Waals surface area contributed by atoms with E-state index < -0.39 is 0 Å². The summed E-state index contributed by atoms with van der Waals surface area (Å²) < 4.78 is 4.91. The van der Waals surface area contributed by atoms with Crippen LogP contribution in [0, 0.1) is 0 Å². The van der Waals surface area contributed by atoms with E-state index in [9.17, 15) is 9.59 Å². The fourth-order valence-corrected chi connectivity index (χ4v) is 2.00. The molecule has 0 saturated carbocycles. The number of nitrogens with one attached hydrogen (secondary N) is 2. The smallest absolute Gasteiger partial charge is 0.338 e. The molecule has 2 aromatic carbocycles. The van der Waals surface area contributed by atoms with Gasteiger partial charge in [-0.15, -0.1) is 0 Å². The molecule has 0 heterocycles. The Bertz CT molecular complexity index is 639. The Labute approximate surface area is 135 Å². The zero-order chi connectivity index (χ0) is 16.5. The molecule has 5 nitrogen and oxygen atoms in total. The maximum Gasteiger partial charge on any atom is 0.338 e. The van der Waals surface area contributed by atoms with E-state index in [0.717, 1.165) is 5.69 Å². The Kier molecular flexibility index (Phi) is 6.17. The molecule has 0 unspecified atom stereocenters. The van der Waals surface area contributed by atoms with Crippen LogP contribution in [0.3, 0.4) is 0 Å². The van der Waals surface area contributed by atoms with Crippen molar-refractivity contribution in [1.82, 2.24) is 0 Å². The Morgan fingerprint density at radius 2 is 1.65 bits per heavy atom. The minimum atomic E-state index is -0.363. The van der Waals surface area contributed by atoms with Crippen LogP contribution in [0.5, 0.6) is 0 Å². The van der Waals surface area contributed by atoms with Crippen molar-refractivity contribution in [2.75, 3.05) is 23.8 Å². The van der Waals surface area contributed by atoms with Crippen LogP contribution in [-0.4, -0.2) is 25.0 Å². The third-order valence-corrected chi connectivity index (χ3v) is 3.13. The van der Waals surface area contributed by atoms with Crippen LogP contribution in [0.1, 0.15) is 23.7 Å². The summed E-state index contributed by atoms with van der Waals surface area (Å²) in [4.78, 5) is 23.4. The molecule has 2 aromatic rings. The van der Waals surface area contributed by atoms with Crippen LogP contribution < -0.4 is 10.6 Å². The van der Waals surface area contributed by atoms with Crippen LogP contribution in [0.25, 0.3) is 0 Å². The van der Waals surface area contributed by atoms with E-state index >= 15 is 0 Å². The molecule has 2 rings (SSSR count). The van der Waals surface area contributed by atoms with Crippen LogP contribution in [0.4, 0.5) is 11.4 Å². The first kappa shape index (κ1) is 16.5. The molecule has 0 aliphatic rings. The van der Waals surface area contributed by atoms with Gasteiger partial charge in [0, 0.05) is 24.3 Å². The highest BCUT2D eigenvalue weighted by atomic mass is 16.5. The highest BCUT2D eigenvalue weighted by Gasteiger charge is 2.07. The van der Waals surface area contributed by atoms with E-state index in [1.807, 2.05) is 30.3 Å². The number of hydrogen-bond acceptors (Lipinski definition) is 4. The van der Waals surface area contributed by atoms with Gasteiger partial charge in [-0.2, -0.15) is 0 Å². The predicted molar refractivity (Wildman–Crippen MR) is 90.6 cm³/mol. The van der Waals surface area contributed by atoms with Crippen LogP contribution in [-0.2, 0) is 9.53 Å². The molecule has 0 bridgehead atoms. The highest BCUT2D eigenvalue weighted by molar-refractivity contribution is 5.93. The quantitative estimate of drug-likeness (QED) is 0.770. The molecular weight excluding hydrogens is 292 g/mol. The Hall–Kier alpha value is -2.82. The first-order valence-corrected chi connectivity index (χ1v) is 7.55. The van der Waals surface area contributed by atoms with E-state index in [2.05, 4.69) is 10.6 Å². The average Bonchev–Trinajstić information content (AvgIpc) is 2.57. The van der Waals surface area contributed by atoms with Gasteiger partial charge in [0.15, 0.2) is 0 Å². The molecule has 23 heavy (non-hydrogen) atoms. The maximum absolute atomic E-state index is 11.9. The van der Waals surface area contributed by atoms with Crippen LogP contribution in [0.2, 0.25) is 0 Å². The number of esters is 1. The number of carbonyl (C=O) groups is 2.